The first-order valence-corrected chi connectivity index (χ1v) is 9.78. The lowest BCUT2D eigenvalue weighted by Gasteiger charge is -2.24. The van der Waals surface area contributed by atoms with Crippen LogP contribution in [-0.4, -0.2) is 36.6 Å². The predicted molar refractivity (Wildman–Crippen MR) is 104 cm³/mol. The molecular weight excluding hydrogens is 394 g/mol. The van der Waals surface area contributed by atoms with Crippen LogP contribution in [0.15, 0.2) is 48.5 Å². The lowest BCUT2D eigenvalue weighted by atomic mass is 10.1. The summed E-state index contributed by atoms with van der Waals surface area (Å²) in [4.78, 5) is 10.7. The Bertz CT molecular complexity index is 907. The zero-order valence-electron chi connectivity index (χ0n) is 14.2. The van der Waals surface area contributed by atoms with Crippen LogP contribution >= 0.6 is 11.6 Å². The van der Waals surface area contributed by atoms with Gasteiger partial charge in [0.2, 0.25) is 0 Å². The van der Waals surface area contributed by atoms with Gasteiger partial charge in [0.1, 0.15) is 6.04 Å². The number of aliphatic carboxylic acids is 1. The molecule has 0 aliphatic heterocycles. The average Bonchev–Trinajstić information content (AvgIpc) is 2.58. The number of benzene rings is 2. The Morgan fingerprint density at radius 3 is 2.56 bits per heavy atom. The van der Waals surface area contributed by atoms with Crippen molar-refractivity contribution in [2.45, 2.75) is 19.0 Å². The topological polar surface area (TPSA) is 133 Å². The smallest absolute Gasteiger partial charge is 0.364 e. The summed E-state index contributed by atoms with van der Waals surface area (Å²) in [7, 11) is -4.62. The van der Waals surface area contributed by atoms with Crippen LogP contribution in [0.1, 0.15) is 12.0 Å². The van der Waals surface area contributed by atoms with Gasteiger partial charge in [0.15, 0.2) is 0 Å². The first-order valence-electron chi connectivity index (χ1n) is 8.00. The molecule has 0 bridgehead atoms. The number of hydrogen-bond acceptors (Lipinski definition) is 5. The number of hydrogen-bond donors (Lipinski definition) is 4. The highest BCUT2D eigenvalue weighted by Gasteiger charge is 2.24. The van der Waals surface area contributed by atoms with Crippen molar-refractivity contribution in [2.75, 3.05) is 10.8 Å². The monoisotopic (exact) mass is 413 g/mol. The molecule has 2 rings (SSSR count). The third-order valence-corrected chi connectivity index (χ3v) is 4.85. The maximum absolute atomic E-state index is 12.0. The molecule has 0 radical (unpaired) electrons. The van der Waals surface area contributed by atoms with Crippen molar-refractivity contribution >= 4 is 39.2 Å². The second kappa shape index (κ2) is 9.16. The van der Waals surface area contributed by atoms with Crippen LogP contribution in [0.5, 0.6) is 0 Å². The van der Waals surface area contributed by atoms with Gasteiger partial charge in [0.05, 0.1) is 11.4 Å². The summed E-state index contributed by atoms with van der Waals surface area (Å²) in [5.74, 6) is -1.09. The van der Waals surface area contributed by atoms with E-state index in [1.54, 1.807) is 36.4 Å². The number of nitrogens with zero attached hydrogens (tertiary/aromatic N) is 1. The second-order valence-corrected chi connectivity index (χ2v) is 7.46. The number of nitrogens with two attached hydrogens (primary N) is 1. The normalized spacial score (nSPS) is 12.6. The number of carboxylic acid groups (broad SMARTS) is 1. The van der Waals surface area contributed by atoms with Crippen LogP contribution in [-0.2, 0) is 21.6 Å². The fourth-order valence-electron chi connectivity index (χ4n) is 2.46. The van der Waals surface area contributed by atoms with Crippen molar-refractivity contribution < 1.29 is 22.9 Å². The number of carboxylic acids is 1. The predicted octanol–water partition coefficient (Wildman–Crippen LogP) is 2.17. The quantitative estimate of drug-likeness (QED) is 0.365. The van der Waals surface area contributed by atoms with Gasteiger partial charge in [-0.25, -0.2) is 4.31 Å². The van der Waals surface area contributed by atoms with E-state index in [2.05, 4.69) is 5.32 Å². The third kappa shape index (κ3) is 5.91. The lowest BCUT2D eigenvalue weighted by molar-refractivity contribution is -0.138. The molecule has 10 heteroatoms. The fourth-order valence-corrected chi connectivity index (χ4v) is 3.45. The molecule has 146 valence electrons. The molecule has 0 aliphatic carbocycles. The maximum atomic E-state index is 12.0. The minimum atomic E-state index is -4.62. The van der Waals surface area contributed by atoms with Crippen molar-refractivity contribution in [3.05, 3.63) is 59.1 Å². The SMILES string of the molecule is N[C@@H](CCNCc1ccccc1N(c1cccc(Cl)c1)S(=O)(=O)O)C(=O)O. The standard InChI is InChI=1S/C17H20ClN3O5S/c18-13-5-3-6-14(10-13)21(27(24,25)26)16-7-2-1-4-12(16)11-20-9-8-15(19)17(22)23/h1-7,10,15,20H,8-9,11,19H2,(H,22,23)(H,24,25,26)/t15-/m0/s1. The van der Waals surface area contributed by atoms with E-state index in [4.69, 9.17) is 22.4 Å². The molecule has 0 unspecified atom stereocenters. The van der Waals surface area contributed by atoms with E-state index in [0.29, 0.717) is 17.1 Å². The Morgan fingerprint density at radius 2 is 1.93 bits per heavy atom. The Kier molecular flexibility index (Phi) is 7.17. The van der Waals surface area contributed by atoms with E-state index >= 15 is 0 Å². The molecule has 0 heterocycles. The molecule has 1 atom stereocenters. The van der Waals surface area contributed by atoms with Gasteiger partial charge in [-0.1, -0.05) is 35.9 Å². The highest BCUT2D eigenvalue weighted by molar-refractivity contribution is 7.87. The summed E-state index contributed by atoms with van der Waals surface area (Å²) < 4.78 is 34.6. The minimum Gasteiger partial charge on any atom is -0.480 e. The molecule has 2 aromatic carbocycles. The van der Waals surface area contributed by atoms with Crippen LogP contribution in [0.2, 0.25) is 5.02 Å². The van der Waals surface area contributed by atoms with Crippen LogP contribution in [0.3, 0.4) is 0 Å². The minimum absolute atomic E-state index is 0.186. The van der Waals surface area contributed by atoms with Gasteiger partial charge in [-0.3, -0.25) is 9.35 Å². The van der Waals surface area contributed by atoms with Gasteiger partial charge >= 0.3 is 16.3 Å². The Hall–Kier alpha value is -2.17. The molecule has 0 aliphatic rings. The molecule has 0 fully saturated rings. The van der Waals surface area contributed by atoms with E-state index in [9.17, 15) is 17.8 Å². The van der Waals surface area contributed by atoms with E-state index in [1.807, 2.05) is 0 Å². The number of halogens is 1. The van der Waals surface area contributed by atoms with Gasteiger partial charge in [-0.15, -0.1) is 0 Å². The molecule has 0 amide bonds. The zero-order chi connectivity index (χ0) is 20.0. The molecule has 0 aromatic heterocycles. The van der Waals surface area contributed by atoms with Gasteiger partial charge in [0, 0.05) is 11.6 Å². The highest BCUT2D eigenvalue weighted by atomic mass is 35.5. The van der Waals surface area contributed by atoms with E-state index < -0.39 is 22.3 Å². The van der Waals surface area contributed by atoms with E-state index in [1.165, 1.54) is 12.1 Å². The fraction of sp³-hybridized carbons (Fsp3) is 0.235. The van der Waals surface area contributed by atoms with Crippen molar-refractivity contribution in [3.8, 4) is 0 Å². The number of nitrogens with one attached hydrogen (secondary N) is 1. The number of anilines is 2. The van der Waals surface area contributed by atoms with Crippen LogP contribution < -0.4 is 15.4 Å². The molecule has 27 heavy (non-hydrogen) atoms. The summed E-state index contributed by atoms with van der Waals surface area (Å²) in [6, 6.07) is 11.7. The number of rotatable bonds is 9. The summed E-state index contributed by atoms with van der Waals surface area (Å²) in [5, 5.41) is 12.1. The van der Waals surface area contributed by atoms with E-state index in [-0.39, 0.29) is 24.3 Å². The van der Waals surface area contributed by atoms with Crippen LogP contribution in [0, 0.1) is 0 Å². The van der Waals surface area contributed by atoms with Gasteiger partial charge in [-0.2, -0.15) is 8.42 Å². The first kappa shape index (κ1) is 21.1. The van der Waals surface area contributed by atoms with Gasteiger partial charge < -0.3 is 16.2 Å². The van der Waals surface area contributed by atoms with Crippen LogP contribution in [0.25, 0.3) is 0 Å². The largest absolute Gasteiger partial charge is 0.480 e. The summed E-state index contributed by atoms with van der Waals surface area (Å²) in [5.41, 5.74) is 6.46. The van der Waals surface area contributed by atoms with E-state index in [0.717, 1.165) is 4.31 Å². The Morgan fingerprint density at radius 1 is 1.22 bits per heavy atom. The molecular formula is C17H20ClN3O5S. The molecule has 5 N–H and O–H groups in total. The second-order valence-electron chi connectivity index (χ2n) is 5.76. The Labute approximate surface area is 162 Å². The van der Waals surface area contributed by atoms with Crippen molar-refractivity contribution in [1.29, 1.82) is 0 Å². The number of para-hydroxylation sites is 1. The lowest BCUT2D eigenvalue weighted by Crippen LogP contribution is -2.33. The number of carbonyl (C=O) groups is 1. The van der Waals surface area contributed by atoms with Crippen molar-refractivity contribution in [2.24, 2.45) is 5.73 Å². The van der Waals surface area contributed by atoms with Crippen molar-refractivity contribution in [3.63, 3.8) is 0 Å². The average molecular weight is 414 g/mol. The summed E-state index contributed by atoms with van der Waals surface area (Å²) >= 11 is 5.95. The molecule has 0 spiro atoms. The third-order valence-electron chi connectivity index (χ3n) is 3.75. The zero-order valence-corrected chi connectivity index (χ0v) is 15.8. The van der Waals surface area contributed by atoms with Crippen molar-refractivity contribution in [1.82, 2.24) is 5.32 Å². The maximum Gasteiger partial charge on any atom is 0.364 e. The molecule has 2 aromatic rings. The first-order chi connectivity index (χ1) is 12.7. The molecule has 0 saturated heterocycles. The highest BCUT2D eigenvalue weighted by Crippen LogP contribution is 2.32. The molecule has 8 nitrogen and oxygen atoms in total. The van der Waals surface area contributed by atoms with Crippen LogP contribution in [0.4, 0.5) is 11.4 Å². The van der Waals surface area contributed by atoms with Gasteiger partial charge in [0.25, 0.3) is 0 Å². The van der Waals surface area contributed by atoms with Gasteiger partial charge in [-0.05, 0) is 42.8 Å². The summed E-state index contributed by atoms with van der Waals surface area (Å²) in [6.07, 6.45) is 0.216. The molecule has 0 saturated carbocycles. The Balaban J connectivity index is 2.26. The summed E-state index contributed by atoms with van der Waals surface area (Å²) in [6.45, 7) is 0.569.